The minimum absolute atomic E-state index is 0.187. The fourth-order valence-corrected chi connectivity index (χ4v) is 2.66. The van der Waals surface area contributed by atoms with Gasteiger partial charge in [0, 0.05) is 7.11 Å². The van der Waals surface area contributed by atoms with Crippen LogP contribution in [0.1, 0.15) is 0 Å². The van der Waals surface area contributed by atoms with Gasteiger partial charge in [-0.2, -0.15) is 0 Å². The third-order valence-electron chi connectivity index (χ3n) is 1.91. The van der Waals surface area contributed by atoms with E-state index in [-0.39, 0.29) is 16.5 Å². The maximum atomic E-state index is 12.9. The third-order valence-corrected chi connectivity index (χ3v) is 3.87. The van der Waals surface area contributed by atoms with Gasteiger partial charge in [0.25, 0.3) is 0 Å². The van der Waals surface area contributed by atoms with E-state index < -0.39 is 27.2 Å². The Bertz CT molecular complexity index is 527. The summed E-state index contributed by atoms with van der Waals surface area (Å²) >= 11 is 5.47. The lowest BCUT2D eigenvalue weighted by Crippen LogP contribution is -2.20. The van der Waals surface area contributed by atoms with E-state index in [4.69, 9.17) is 11.6 Å². The molecule has 0 aliphatic rings. The highest BCUT2D eigenvalue weighted by atomic mass is 35.5. The number of methoxy groups -OCH3 is 1. The molecule has 0 aliphatic heterocycles. The Morgan fingerprint density at radius 3 is 2.65 bits per heavy atom. The van der Waals surface area contributed by atoms with E-state index in [1.165, 1.54) is 7.11 Å². The van der Waals surface area contributed by atoms with Gasteiger partial charge >= 0.3 is 0 Å². The highest BCUT2D eigenvalue weighted by molar-refractivity contribution is 7.92. The molecule has 0 saturated heterocycles. The van der Waals surface area contributed by atoms with Crippen molar-refractivity contribution in [2.45, 2.75) is 4.90 Å². The second kappa shape index (κ2) is 5.57. The molecule has 0 spiro atoms. The number of sulfone groups is 1. The molecule has 0 bridgehead atoms. The molecule has 0 fully saturated rings. The van der Waals surface area contributed by atoms with E-state index in [0.29, 0.717) is 0 Å². The van der Waals surface area contributed by atoms with Crippen LogP contribution >= 0.6 is 11.6 Å². The van der Waals surface area contributed by atoms with Crippen molar-refractivity contribution in [1.82, 2.24) is 0 Å². The number of ketones is 1. The average Bonchev–Trinajstić information content (AvgIpc) is 2.21. The molecule has 17 heavy (non-hydrogen) atoms. The van der Waals surface area contributed by atoms with Gasteiger partial charge in [-0.05, 0) is 18.2 Å². The minimum Gasteiger partial charge on any atom is -0.377 e. The standard InChI is InChI=1S/C10H10ClFO4S/c1-16-5-7(13)6-17(14,15)8-2-3-10(12)9(11)4-8/h2-4H,5-6H2,1H3. The van der Waals surface area contributed by atoms with Crippen LogP contribution in [-0.2, 0) is 19.4 Å². The molecule has 0 N–H and O–H groups in total. The topological polar surface area (TPSA) is 60.4 Å². The van der Waals surface area contributed by atoms with Gasteiger partial charge < -0.3 is 4.74 Å². The van der Waals surface area contributed by atoms with E-state index in [1.807, 2.05) is 0 Å². The van der Waals surface area contributed by atoms with Crippen LogP contribution in [-0.4, -0.2) is 33.7 Å². The van der Waals surface area contributed by atoms with Gasteiger partial charge in [-0.3, -0.25) is 4.79 Å². The molecule has 7 heteroatoms. The lowest BCUT2D eigenvalue weighted by molar-refractivity contribution is -0.120. The Morgan fingerprint density at radius 2 is 2.12 bits per heavy atom. The number of hydrogen-bond donors (Lipinski definition) is 0. The van der Waals surface area contributed by atoms with E-state index in [9.17, 15) is 17.6 Å². The maximum Gasteiger partial charge on any atom is 0.185 e. The van der Waals surface area contributed by atoms with Gasteiger partial charge in [0.2, 0.25) is 0 Å². The Balaban J connectivity index is 2.97. The maximum absolute atomic E-state index is 12.9. The molecule has 4 nitrogen and oxygen atoms in total. The molecule has 0 aromatic heterocycles. The van der Waals surface area contributed by atoms with Crippen molar-refractivity contribution in [2.24, 2.45) is 0 Å². The van der Waals surface area contributed by atoms with E-state index in [0.717, 1.165) is 18.2 Å². The first kappa shape index (κ1) is 14.1. The zero-order chi connectivity index (χ0) is 13.1. The molecule has 0 aliphatic carbocycles. The first-order chi connectivity index (χ1) is 7.86. The second-order valence-electron chi connectivity index (χ2n) is 3.31. The third kappa shape index (κ3) is 3.76. The largest absolute Gasteiger partial charge is 0.377 e. The van der Waals surface area contributed by atoms with Crippen molar-refractivity contribution in [3.8, 4) is 0 Å². The Kier molecular flexibility index (Phi) is 4.62. The molecule has 0 atom stereocenters. The monoisotopic (exact) mass is 280 g/mol. The predicted octanol–water partition coefficient (Wildman–Crippen LogP) is 1.47. The number of ether oxygens (including phenoxy) is 1. The molecular weight excluding hydrogens is 271 g/mol. The molecule has 0 heterocycles. The van der Waals surface area contributed by atoms with Crippen molar-refractivity contribution in [3.63, 3.8) is 0 Å². The summed E-state index contributed by atoms with van der Waals surface area (Å²) in [6.07, 6.45) is 0. The van der Waals surface area contributed by atoms with Crippen LogP contribution in [0, 0.1) is 5.82 Å². The smallest absolute Gasteiger partial charge is 0.185 e. The number of halogens is 2. The van der Waals surface area contributed by atoms with Crippen LogP contribution in [0.4, 0.5) is 4.39 Å². The van der Waals surface area contributed by atoms with Crippen molar-refractivity contribution in [2.75, 3.05) is 19.5 Å². The molecule has 0 radical (unpaired) electrons. The lowest BCUT2D eigenvalue weighted by Gasteiger charge is -2.04. The number of benzene rings is 1. The normalized spacial score (nSPS) is 11.5. The van der Waals surface area contributed by atoms with Crippen LogP contribution in [0.25, 0.3) is 0 Å². The van der Waals surface area contributed by atoms with Gasteiger partial charge in [-0.15, -0.1) is 0 Å². The van der Waals surface area contributed by atoms with Crippen LogP contribution in [0.5, 0.6) is 0 Å². The quantitative estimate of drug-likeness (QED) is 0.766. The summed E-state index contributed by atoms with van der Waals surface area (Å²) in [5.74, 6) is -1.98. The summed E-state index contributed by atoms with van der Waals surface area (Å²) in [5.41, 5.74) is 0. The molecule has 0 saturated carbocycles. The summed E-state index contributed by atoms with van der Waals surface area (Å²) in [5, 5.41) is -0.301. The van der Waals surface area contributed by atoms with Crippen molar-refractivity contribution in [3.05, 3.63) is 29.0 Å². The van der Waals surface area contributed by atoms with E-state index in [2.05, 4.69) is 4.74 Å². The minimum atomic E-state index is -3.80. The summed E-state index contributed by atoms with van der Waals surface area (Å²) < 4.78 is 40.8. The van der Waals surface area contributed by atoms with Crippen LogP contribution < -0.4 is 0 Å². The first-order valence-electron chi connectivity index (χ1n) is 4.55. The van der Waals surface area contributed by atoms with E-state index >= 15 is 0 Å². The summed E-state index contributed by atoms with van der Waals surface area (Å²) in [6.45, 7) is -0.284. The zero-order valence-corrected chi connectivity index (χ0v) is 10.5. The fourth-order valence-electron chi connectivity index (χ4n) is 1.17. The molecule has 0 unspecified atom stereocenters. The van der Waals surface area contributed by atoms with Gasteiger partial charge in [-0.1, -0.05) is 11.6 Å². The average molecular weight is 281 g/mol. The first-order valence-corrected chi connectivity index (χ1v) is 6.58. The second-order valence-corrected chi connectivity index (χ2v) is 5.70. The number of carbonyl (C=O) groups excluding carboxylic acids is 1. The van der Waals surface area contributed by atoms with Gasteiger partial charge in [0.1, 0.15) is 18.2 Å². The Morgan fingerprint density at radius 1 is 1.47 bits per heavy atom. The molecular formula is C10H10ClFO4S. The van der Waals surface area contributed by atoms with Crippen molar-refractivity contribution < 1.29 is 22.3 Å². The molecule has 1 aromatic rings. The molecule has 1 rings (SSSR count). The van der Waals surface area contributed by atoms with Gasteiger partial charge in [-0.25, -0.2) is 12.8 Å². The van der Waals surface area contributed by atoms with Crippen LogP contribution in [0.2, 0.25) is 5.02 Å². The number of hydrogen-bond acceptors (Lipinski definition) is 4. The van der Waals surface area contributed by atoms with Crippen LogP contribution in [0.3, 0.4) is 0 Å². The number of Topliss-reactive ketones (excluding diaryl/α,β-unsaturated/α-hetero) is 1. The van der Waals surface area contributed by atoms with Crippen molar-refractivity contribution >= 4 is 27.2 Å². The number of carbonyl (C=O) groups is 1. The number of rotatable bonds is 5. The van der Waals surface area contributed by atoms with E-state index in [1.54, 1.807) is 0 Å². The van der Waals surface area contributed by atoms with Crippen LogP contribution in [0.15, 0.2) is 23.1 Å². The predicted molar refractivity (Wildman–Crippen MR) is 60.3 cm³/mol. The molecule has 94 valence electrons. The van der Waals surface area contributed by atoms with Crippen molar-refractivity contribution in [1.29, 1.82) is 0 Å². The molecule has 0 amide bonds. The summed E-state index contributed by atoms with van der Waals surface area (Å²) in [7, 11) is -2.51. The lowest BCUT2D eigenvalue weighted by atomic mass is 10.3. The Labute approximate surface area is 103 Å². The Hall–Kier alpha value is -0.980. The van der Waals surface area contributed by atoms with Gasteiger partial charge in [0.05, 0.1) is 9.92 Å². The summed E-state index contributed by atoms with van der Waals surface area (Å²) in [6, 6.07) is 2.99. The van der Waals surface area contributed by atoms with Gasteiger partial charge in [0.15, 0.2) is 15.6 Å². The molecule has 1 aromatic carbocycles. The highest BCUT2D eigenvalue weighted by Crippen LogP contribution is 2.20. The fraction of sp³-hybridized carbons (Fsp3) is 0.300. The zero-order valence-electron chi connectivity index (χ0n) is 8.94. The summed E-state index contributed by atoms with van der Waals surface area (Å²) in [4.78, 5) is 11.0. The highest BCUT2D eigenvalue weighted by Gasteiger charge is 2.20. The SMILES string of the molecule is COCC(=O)CS(=O)(=O)c1ccc(F)c(Cl)c1.